The van der Waals surface area contributed by atoms with Crippen LogP contribution in [0.3, 0.4) is 0 Å². The van der Waals surface area contributed by atoms with Crippen LogP contribution in [0.15, 0.2) is 18.2 Å². The van der Waals surface area contributed by atoms with Crippen molar-refractivity contribution >= 4 is 17.1 Å². The SMILES string of the molecule is CCCNc1cccc(NCCN(C)C)c1[N+](=O)[O-]. The van der Waals surface area contributed by atoms with E-state index in [2.05, 4.69) is 10.6 Å². The van der Waals surface area contributed by atoms with E-state index in [0.717, 1.165) is 19.5 Å². The number of para-hydroxylation sites is 1. The fourth-order valence-electron chi connectivity index (χ4n) is 1.70. The zero-order valence-corrected chi connectivity index (χ0v) is 11.8. The van der Waals surface area contributed by atoms with Gasteiger partial charge in [0.2, 0.25) is 0 Å². The molecule has 0 radical (unpaired) electrons. The van der Waals surface area contributed by atoms with Gasteiger partial charge in [-0.2, -0.15) is 0 Å². The summed E-state index contributed by atoms with van der Waals surface area (Å²) >= 11 is 0. The summed E-state index contributed by atoms with van der Waals surface area (Å²) in [5.41, 5.74) is 1.25. The molecule has 0 bridgehead atoms. The second-order valence-electron chi connectivity index (χ2n) is 4.62. The Morgan fingerprint density at radius 3 is 2.26 bits per heavy atom. The molecule has 0 aromatic heterocycles. The van der Waals surface area contributed by atoms with Crippen molar-refractivity contribution < 1.29 is 4.92 Å². The van der Waals surface area contributed by atoms with Crippen LogP contribution in [0.2, 0.25) is 0 Å². The van der Waals surface area contributed by atoms with Crippen molar-refractivity contribution in [2.75, 3.05) is 44.4 Å². The largest absolute Gasteiger partial charge is 0.379 e. The van der Waals surface area contributed by atoms with Gasteiger partial charge in [-0.3, -0.25) is 10.1 Å². The predicted molar refractivity (Wildman–Crippen MR) is 78.9 cm³/mol. The third-order valence-electron chi connectivity index (χ3n) is 2.66. The maximum Gasteiger partial charge on any atom is 0.315 e. The van der Waals surface area contributed by atoms with Crippen LogP contribution in [-0.4, -0.2) is 43.6 Å². The Hall–Kier alpha value is -1.82. The fraction of sp³-hybridized carbons (Fsp3) is 0.538. The van der Waals surface area contributed by atoms with E-state index in [4.69, 9.17) is 0 Å². The van der Waals surface area contributed by atoms with Gasteiger partial charge in [-0.25, -0.2) is 0 Å². The second kappa shape index (κ2) is 7.58. The summed E-state index contributed by atoms with van der Waals surface area (Å²) in [6.07, 6.45) is 0.926. The Kier molecular flexibility index (Phi) is 6.08. The summed E-state index contributed by atoms with van der Waals surface area (Å²) in [4.78, 5) is 12.9. The first-order chi connectivity index (χ1) is 9.06. The van der Waals surface area contributed by atoms with Crippen LogP contribution in [0.1, 0.15) is 13.3 Å². The summed E-state index contributed by atoms with van der Waals surface area (Å²) in [6.45, 7) is 4.24. The summed E-state index contributed by atoms with van der Waals surface area (Å²) in [6, 6.07) is 5.30. The van der Waals surface area contributed by atoms with Gasteiger partial charge < -0.3 is 15.5 Å². The summed E-state index contributed by atoms with van der Waals surface area (Å²) in [5.74, 6) is 0. The van der Waals surface area contributed by atoms with Crippen LogP contribution in [0.4, 0.5) is 17.1 Å². The zero-order chi connectivity index (χ0) is 14.3. The van der Waals surface area contributed by atoms with Crippen LogP contribution in [-0.2, 0) is 0 Å². The Morgan fingerprint density at radius 1 is 1.21 bits per heavy atom. The number of nitrogens with one attached hydrogen (secondary N) is 2. The highest BCUT2D eigenvalue weighted by atomic mass is 16.6. The smallest absolute Gasteiger partial charge is 0.315 e. The third kappa shape index (κ3) is 4.75. The monoisotopic (exact) mass is 266 g/mol. The van der Waals surface area contributed by atoms with Crippen molar-refractivity contribution in [2.24, 2.45) is 0 Å². The molecular formula is C13H22N4O2. The average Bonchev–Trinajstić information content (AvgIpc) is 2.35. The maximum absolute atomic E-state index is 11.2. The third-order valence-corrected chi connectivity index (χ3v) is 2.66. The Labute approximate surface area is 113 Å². The fourth-order valence-corrected chi connectivity index (χ4v) is 1.70. The van der Waals surface area contributed by atoms with Crippen LogP contribution >= 0.6 is 0 Å². The number of benzene rings is 1. The molecule has 0 atom stereocenters. The molecule has 0 spiro atoms. The molecule has 106 valence electrons. The van der Waals surface area contributed by atoms with Gasteiger partial charge in [-0.15, -0.1) is 0 Å². The van der Waals surface area contributed by atoms with E-state index in [-0.39, 0.29) is 10.6 Å². The summed E-state index contributed by atoms with van der Waals surface area (Å²) in [5, 5.41) is 17.4. The number of rotatable bonds is 8. The van der Waals surface area contributed by atoms with Gasteiger partial charge in [-0.1, -0.05) is 13.0 Å². The number of nitro benzene ring substituents is 1. The normalized spacial score (nSPS) is 10.5. The Morgan fingerprint density at radius 2 is 1.79 bits per heavy atom. The van der Waals surface area contributed by atoms with Crippen molar-refractivity contribution in [3.05, 3.63) is 28.3 Å². The zero-order valence-electron chi connectivity index (χ0n) is 11.8. The van der Waals surface area contributed by atoms with Crippen molar-refractivity contribution in [2.45, 2.75) is 13.3 Å². The summed E-state index contributed by atoms with van der Waals surface area (Å²) in [7, 11) is 3.94. The van der Waals surface area contributed by atoms with Gasteiger partial charge in [0, 0.05) is 19.6 Å². The molecule has 0 aliphatic rings. The molecule has 0 aliphatic carbocycles. The van der Waals surface area contributed by atoms with Crippen molar-refractivity contribution in [3.8, 4) is 0 Å². The molecule has 1 aromatic carbocycles. The number of hydrogen-bond donors (Lipinski definition) is 2. The van der Waals surface area contributed by atoms with Crippen molar-refractivity contribution in [1.82, 2.24) is 4.90 Å². The number of nitrogens with zero attached hydrogens (tertiary/aromatic N) is 2. The lowest BCUT2D eigenvalue weighted by Gasteiger charge is -2.13. The van der Waals surface area contributed by atoms with E-state index in [0.29, 0.717) is 17.9 Å². The molecule has 1 rings (SSSR count). The minimum absolute atomic E-state index is 0.120. The van der Waals surface area contributed by atoms with Crippen LogP contribution in [0.25, 0.3) is 0 Å². The Balaban J connectivity index is 2.86. The van der Waals surface area contributed by atoms with E-state index >= 15 is 0 Å². The van der Waals surface area contributed by atoms with Gasteiger partial charge in [0.05, 0.1) is 4.92 Å². The van der Waals surface area contributed by atoms with Crippen molar-refractivity contribution in [1.29, 1.82) is 0 Å². The predicted octanol–water partition coefficient (Wildman–Crippen LogP) is 2.39. The van der Waals surface area contributed by atoms with Gasteiger partial charge in [-0.05, 0) is 32.6 Å². The quantitative estimate of drug-likeness (QED) is 0.558. The highest BCUT2D eigenvalue weighted by Crippen LogP contribution is 2.32. The second-order valence-corrected chi connectivity index (χ2v) is 4.62. The molecule has 0 aliphatic heterocycles. The van der Waals surface area contributed by atoms with E-state index in [1.54, 1.807) is 12.1 Å². The topological polar surface area (TPSA) is 70.4 Å². The van der Waals surface area contributed by atoms with Gasteiger partial charge in [0.25, 0.3) is 0 Å². The van der Waals surface area contributed by atoms with Crippen molar-refractivity contribution in [3.63, 3.8) is 0 Å². The molecule has 1 aromatic rings. The lowest BCUT2D eigenvalue weighted by atomic mass is 10.2. The first-order valence-corrected chi connectivity index (χ1v) is 6.46. The Bertz CT molecular complexity index is 421. The highest BCUT2D eigenvalue weighted by molar-refractivity contribution is 5.76. The number of nitro groups is 1. The number of anilines is 2. The molecular weight excluding hydrogens is 244 g/mol. The first kappa shape index (κ1) is 15.2. The van der Waals surface area contributed by atoms with Gasteiger partial charge >= 0.3 is 5.69 Å². The van der Waals surface area contributed by atoms with Crippen LogP contribution in [0.5, 0.6) is 0 Å². The molecule has 0 unspecified atom stereocenters. The molecule has 19 heavy (non-hydrogen) atoms. The molecule has 0 heterocycles. The van der Waals surface area contributed by atoms with Gasteiger partial charge in [0.15, 0.2) is 0 Å². The highest BCUT2D eigenvalue weighted by Gasteiger charge is 2.18. The number of likely N-dealkylation sites (N-methyl/N-ethyl adjacent to an activating group) is 1. The van der Waals surface area contributed by atoms with Gasteiger partial charge in [0.1, 0.15) is 11.4 Å². The molecule has 0 amide bonds. The standard InChI is InChI=1S/C13H22N4O2/c1-4-8-14-11-6-5-7-12(13(11)17(18)19)15-9-10-16(2)3/h5-7,14-15H,4,8-10H2,1-3H3. The van der Waals surface area contributed by atoms with E-state index in [1.165, 1.54) is 0 Å². The van der Waals surface area contributed by atoms with E-state index < -0.39 is 0 Å². The maximum atomic E-state index is 11.2. The molecule has 6 heteroatoms. The lowest BCUT2D eigenvalue weighted by molar-refractivity contribution is -0.383. The summed E-state index contributed by atoms with van der Waals surface area (Å²) < 4.78 is 0. The molecule has 2 N–H and O–H groups in total. The lowest BCUT2D eigenvalue weighted by Crippen LogP contribution is -2.21. The minimum atomic E-state index is -0.337. The number of hydrogen-bond acceptors (Lipinski definition) is 5. The van der Waals surface area contributed by atoms with E-state index in [1.807, 2.05) is 32.0 Å². The van der Waals surface area contributed by atoms with E-state index in [9.17, 15) is 10.1 Å². The molecule has 0 saturated heterocycles. The molecule has 6 nitrogen and oxygen atoms in total. The average molecular weight is 266 g/mol. The van der Waals surface area contributed by atoms with Crippen LogP contribution < -0.4 is 10.6 Å². The minimum Gasteiger partial charge on any atom is -0.379 e. The van der Waals surface area contributed by atoms with Crippen LogP contribution in [0, 0.1) is 10.1 Å². The first-order valence-electron chi connectivity index (χ1n) is 6.46. The molecule has 0 fully saturated rings. The molecule has 0 saturated carbocycles.